The van der Waals surface area contributed by atoms with E-state index in [1.54, 1.807) is 29.2 Å². The zero-order valence-electron chi connectivity index (χ0n) is 16.8. The first-order chi connectivity index (χ1) is 14.0. The highest BCUT2D eigenvalue weighted by Gasteiger charge is 2.51. The van der Waals surface area contributed by atoms with Crippen molar-refractivity contribution < 1.29 is 14.4 Å². The third-order valence-electron chi connectivity index (χ3n) is 7.53. The van der Waals surface area contributed by atoms with Crippen molar-refractivity contribution in [1.29, 1.82) is 0 Å². The van der Waals surface area contributed by atoms with Crippen LogP contribution in [0, 0.1) is 23.2 Å². The zero-order chi connectivity index (χ0) is 20.0. The Bertz CT molecular complexity index is 797. The molecule has 0 unspecified atom stereocenters. The van der Waals surface area contributed by atoms with E-state index in [1.165, 1.54) is 38.5 Å². The zero-order valence-corrected chi connectivity index (χ0v) is 16.8. The molecule has 1 aromatic rings. The maximum absolute atomic E-state index is 12.6. The van der Waals surface area contributed by atoms with E-state index in [0.717, 1.165) is 36.4 Å². The summed E-state index contributed by atoms with van der Waals surface area (Å²) in [7, 11) is 0. The predicted molar refractivity (Wildman–Crippen MR) is 109 cm³/mol. The lowest BCUT2D eigenvalue weighted by atomic mass is 9.49. The Morgan fingerprint density at radius 3 is 2.14 bits per heavy atom. The molecule has 29 heavy (non-hydrogen) atoms. The highest BCUT2D eigenvalue weighted by molar-refractivity contribution is 5.98. The molecule has 0 spiro atoms. The maximum atomic E-state index is 12.6. The normalized spacial score (nSPS) is 32.5. The summed E-state index contributed by atoms with van der Waals surface area (Å²) in [6.45, 7) is 0.727. The average molecular weight is 396 g/mol. The lowest BCUT2D eigenvalue weighted by molar-refractivity contribution is -0.130. The lowest BCUT2D eigenvalue weighted by Crippen LogP contribution is -2.50. The van der Waals surface area contributed by atoms with E-state index in [1.807, 2.05) is 0 Å². The fraction of sp³-hybridized carbons (Fsp3) is 0.609. The van der Waals surface area contributed by atoms with Crippen molar-refractivity contribution in [3.63, 3.8) is 0 Å². The van der Waals surface area contributed by atoms with Crippen LogP contribution in [0.2, 0.25) is 0 Å². The van der Waals surface area contributed by atoms with Crippen LogP contribution in [0.1, 0.15) is 68.1 Å². The number of nitrogens with one attached hydrogen (secondary N) is 2. The summed E-state index contributed by atoms with van der Waals surface area (Å²) >= 11 is 0. The van der Waals surface area contributed by atoms with Gasteiger partial charge in [-0.2, -0.15) is 0 Å². The van der Waals surface area contributed by atoms with Crippen molar-refractivity contribution in [1.82, 2.24) is 10.9 Å². The number of rotatable bonds is 4. The van der Waals surface area contributed by atoms with Crippen LogP contribution in [-0.4, -0.2) is 24.3 Å². The highest BCUT2D eigenvalue weighted by atomic mass is 16.2. The minimum Gasteiger partial charge on any atom is -0.312 e. The van der Waals surface area contributed by atoms with Gasteiger partial charge in [0.15, 0.2) is 0 Å². The van der Waals surface area contributed by atoms with E-state index in [-0.39, 0.29) is 23.1 Å². The molecule has 0 radical (unpaired) electrons. The van der Waals surface area contributed by atoms with Gasteiger partial charge < -0.3 is 4.90 Å². The van der Waals surface area contributed by atoms with Gasteiger partial charge >= 0.3 is 0 Å². The Balaban J connectivity index is 1.15. The van der Waals surface area contributed by atoms with Gasteiger partial charge in [-0.15, -0.1) is 0 Å². The lowest BCUT2D eigenvalue weighted by Gasteiger charge is -2.56. The summed E-state index contributed by atoms with van der Waals surface area (Å²) in [4.78, 5) is 38.5. The van der Waals surface area contributed by atoms with E-state index in [0.29, 0.717) is 18.4 Å². The summed E-state index contributed by atoms with van der Waals surface area (Å²) in [5.41, 5.74) is 6.63. The number of carbonyl (C=O) groups excluding carboxylic acids is 3. The molecule has 1 heterocycles. The molecule has 0 aromatic heterocycles. The second-order valence-corrected chi connectivity index (χ2v) is 9.79. The molecule has 3 amide bonds. The van der Waals surface area contributed by atoms with Gasteiger partial charge in [-0.05, 0) is 92.4 Å². The van der Waals surface area contributed by atoms with Crippen molar-refractivity contribution in [3.8, 4) is 0 Å². The number of hydrazine groups is 1. The van der Waals surface area contributed by atoms with E-state index < -0.39 is 0 Å². The smallest absolute Gasteiger partial charge is 0.269 e. The molecule has 6 rings (SSSR count). The van der Waals surface area contributed by atoms with E-state index in [2.05, 4.69) is 10.9 Å². The van der Waals surface area contributed by atoms with Gasteiger partial charge in [0.05, 0.1) is 0 Å². The van der Waals surface area contributed by atoms with Crippen LogP contribution in [-0.2, 0) is 9.59 Å². The first kappa shape index (κ1) is 18.6. The van der Waals surface area contributed by atoms with Crippen molar-refractivity contribution in [3.05, 3.63) is 29.8 Å². The number of carbonyl (C=O) groups is 3. The summed E-state index contributed by atoms with van der Waals surface area (Å²) in [6.07, 6.45) is 9.58. The molecule has 4 saturated carbocycles. The number of hydrogen-bond acceptors (Lipinski definition) is 3. The molecule has 5 aliphatic rings. The van der Waals surface area contributed by atoms with Crippen LogP contribution in [0.4, 0.5) is 5.69 Å². The topological polar surface area (TPSA) is 78.5 Å². The van der Waals surface area contributed by atoms with E-state index in [9.17, 15) is 14.4 Å². The van der Waals surface area contributed by atoms with E-state index in [4.69, 9.17) is 0 Å². The van der Waals surface area contributed by atoms with Crippen LogP contribution >= 0.6 is 0 Å². The third kappa shape index (κ3) is 3.65. The fourth-order valence-electron chi connectivity index (χ4n) is 6.80. The van der Waals surface area contributed by atoms with Crippen LogP contribution in [0.25, 0.3) is 0 Å². The molecule has 0 atom stereocenters. The molecule has 1 aromatic carbocycles. The Morgan fingerprint density at radius 2 is 1.59 bits per heavy atom. The summed E-state index contributed by atoms with van der Waals surface area (Å²) in [6, 6.07) is 6.97. The largest absolute Gasteiger partial charge is 0.312 e. The monoisotopic (exact) mass is 395 g/mol. The molecule has 4 bridgehead atoms. The van der Waals surface area contributed by atoms with Crippen molar-refractivity contribution >= 4 is 23.4 Å². The molecule has 4 aliphatic carbocycles. The summed E-state index contributed by atoms with van der Waals surface area (Å²) < 4.78 is 0. The summed E-state index contributed by atoms with van der Waals surface area (Å²) in [5, 5.41) is 0. The van der Waals surface area contributed by atoms with Crippen LogP contribution in [0.15, 0.2) is 24.3 Å². The Kier molecular flexibility index (Phi) is 4.60. The van der Waals surface area contributed by atoms with Gasteiger partial charge in [-0.25, -0.2) is 0 Å². The molecule has 1 aliphatic heterocycles. The quantitative estimate of drug-likeness (QED) is 0.769. The Hall–Kier alpha value is -2.37. The van der Waals surface area contributed by atoms with Crippen molar-refractivity contribution in [2.45, 2.75) is 57.8 Å². The first-order valence-corrected chi connectivity index (χ1v) is 11.0. The van der Waals surface area contributed by atoms with Crippen molar-refractivity contribution in [2.24, 2.45) is 23.2 Å². The molecule has 2 N–H and O–H groups in total. The molecule has 6 heteroatoms. The Morgan fingerprint density at radius 1 is 0.966 bits per heavy atom. The minimum atomic E-state index is -0.330. The predicted octanol–water partition coefficient (Wildman–Crippen LogP) is 3.18. The molecule has 5 fully saturated rings. The second kappa shape index (κ2) is 7.15. The van der Waals surface area contributed by atoms with Crippen LogP contribution in [0.3, 0.4) is 0 Å². The van der Waals surface area contributed by atoms with Crippen molar-refractivity contribution in [2.75, 3.05) is 11.4 Å². The minimum absolute atomic E-state index is 0.0837. The molecular weight excluding hydrogens is 366 g/mol. The highest BCUT2D eigenvalue weighted by Crippen LogP contribution is 2.61. The van der Waals surface area contributed by atoms with Crippen LogP contribution < -0.4 is 15.8 Å². The van der Waals surface area contributed by atoms with Gasteiger partial charge in [0, 0.05) is 30.6 Å². The summed E-state index contributed by atoms with van der Waals surface area (Å²) in [5.74, 6) is 2.14. The molecule has 1 saturated heterocycles. The van der Waals surface area contributed by atoms with Gasteiger partial charge in [0.1, 0.15) is 0 Å². The number of nitrogens with zero attached hydrogens (tertiary/aromatic N) is 1. The van der Waals surface area contributed by atoms with Crippen LogP contribution in [0.5, 0.6) is 0 Å². The second-order valence-electron chi connectivity index (χ2n) is 9.79. The Labute approximate surface area is 171 Å². The van der Waals surface area contributed by atoms with Gasteiger partial charge in [-0.3, -0.25) is 25.2 Å². The molecule has 6 nitrogen and oxygen atoms in total. The number of anilines is 1. The van der Waals surface area contributed by atoms with Gasteiger partial charge in [0.2, 0.25) is 11.8 Å². The fourth-order valence-corrected chi connectivity index (χ4v) is 6.80. The van der Waals surface area contributed by atoms with Gasteiger partial charge in [0.25, 0.3) is 5.91 Å². The SMILES string of the molecule is O=C(CC12CC3CC(CC(C3)C1)C2)NNC(=O)c1ccc(N2CCCC2=O)cc1. The number of hydrogen-bond donors (Lipinski definition) is 2. The van der Waals surface area contributed by atoms with E-state index >= 15 is 0 Å². The first-order valence-electron chi connectivity index (χ1n) is 11.0. The third-order valence-corrected chi connectivity index (χ3v) is 7.53. The number of amides is 3. The van der Waals surface area contributed by atoms with Gasteiger partial charge in [-0.1, -0.05) is 0 Å². The molecular formula is C23H29N3O3. The average Bonchev–Trinajstić information content (AvgIpc) is 3.11. The standard InChI is InChI=1S/C23H29N3O3/c27-20(14-23-11-15-8-16(12-23)10-17(9-15)13-23)24-25-22(29)18-3-5-19(6-4-18)26-7-1-2-21(26)28/h3-6,15-17H,1-2,7-14H2,(H,24,27)(H,25,29). The maximum Gasteiger partial charge on any atom is 0.269 e. The molecule has 154 valence electrons. The number of benzene rings is 1.